The van der Waals surface area contributed by atoms with E-state index >= 15 is 0 Å². The fourth-order valence-electron chi connectivity index (χ4n) is 0. The van der Waals surface area contributed by atoms with Gasteiger partial charge in [-0.3, -0.25) is 0 Å². The Labute approximate surface area is 94.0 Å². The van der Waals surface area contributed by atoms with Gasteiger partial charge in [0.1, 0.15) is 0 Å². The van der Waals surface area contributed by atoms with E-state index in [0.717, 1.165) is 0 Å². The summed E-state index contributed by atoms with van der Waals surface area (Å²) < 4.78 is 24.1. The van der Waals surface area contributed by atoms with Crippen LogP contribution in [-0.4, -0.2) is 4.55 Å². The van der Waals surface area contributed by atoms with Gasteiger partial charge in [0.05, 0.1) is 0 Å². The smallest absolute Gasteiger partial charge is 1.00 e. The summed E-state index contributed by atoms with van der Waals surface area (Å²) in [5.74, 6) is 0. The third-order valence-electron chi connectivity index (χ3n) is 0. The Balaban J connectivity index is -0.0000000150. The van der Waals surface area contributed by atoms with Crippen LogP contribution in [-0.2, 0) is 19.4 Å². The maximum Gasteiger partial charge on any atom is 1.00 e. The molecule has 0 atom stereocenters. The Morgan fingerprint density at radius 2 is 1.14 bits per heavy atom. The number of halogens is 1. The maximum absolute atomic E-state index is 8.56. The monoisotopic (exact) mass is 162 g/mol. The maximum atomic E-state index is 8.56. The van der Waals surface area contributed by atoms with Gasteiger partial charge in [-0.15, -0.1) is 0 Å². The van der Waals surface area contributed by atoms with Crippen molar-refractivity contribution in [2.75, 3.05) is 0 Å². The molecule has 3 nitrogen and oxygen atoms in total. The van der Waals surface area contributed by atoms with Crippen LogP contribution >= 0.6 is 0 Å². The molecular formula is HClNa2O3S. The first-order valence-corrected chi connectivity index (χ1v) is 1.55. The third-order valence-corrected chi connectivity index (χ3v) is 0. The molecule has 0 bridgehead atoms. The van der Waals surface area contributed by atoms with Crippen molar-refractivity contribution >= 4 is 11.0 Å². The zero-order chi connectivity index (χ0) is 3.58. The summed E-state index contributed by atoms with van der Waals surface area (Å²) in [5.41, 5.74) is 0. The van der Waals surface area contributed by atoms with E-state index in [1.165, 1.54) is 0 Å². The van der Waals surface area contributed by atoms with Crippen LogP contribution in [0, 0.1) is 0 Å². The van der Waals surface area contributed by atoms with Crippen LogP contribution in [0.2, 0.25) is 0 Å². The molecule has 0 unspecified atom stereocenters. The van der Waals surface area contributed by atoms with Gasteiger partial charge in [0.2, 0.25) is 0 Å². The molecule has 0 saturated heterocycles. The van der Waals surface area contributed by atoms with Crippen molar-refractivity contribution in [3.63, 3.8) is 0 Å². The SMILES string of the molecule is O=[S-](=O)O.[Cl-].[Na+].[Na+]. The fourth-order valence-corrected chi connectivity index (χ4v) is 0. The molecule has 0 aromatic heterocycles. The molecule has 1 N–H and O–H groups in total. The van der Waals surface area contributed by atoms with Crippen LogP contribution in [0.25, 0.3) is 0 Å². The molecule has 0 radical (unpaired) electrons. The van der Waals surface area contributed by atoms with E-state index in [2.05, 4.69) is 0 Å². The summed E-state index contributed by atoms with van der Waals surface area (Å²) in [5, 5.41) is 0. The topological polar surface area (TPSA) is 54.4 Å². The van der Waals surface area contributed by atoms with E-state index in [1.807, 2.05) is 0 Å². The normalized spacial score (nSPS) is 4.86. The van der Waals surface area contributed by atoms with Crippen molar-refractivity contribution < 1.29 is 84.5 Å². The van der Waals surface area contributed by atoms with Crippen molar-refractivity contribution in [3.8, 4) is 0 Å². The molecule has 0 heterocycles. The Morgan fingerprint density at radius 1 is 1.14 bits per heavy atom. The van der Waals surface area contributed by atoms with Crippen molar-refractivity contribution in [1.29, 1.82) is 0 Å². The van der Waals surface area contributed by atoms with E-state index in [4.69, 9.17) is 13.0 Å². The minimum absolute atomic E-state index is 0. The van der Waals surface area contributed by atoms with Crippen LogP contribution in [0.4, 0.5) is 0 Å². The first kappa shape index (κ1) is 22.9. The number of rotatable bonds is 0. The van der Waals surface area contributed by atoms with Gasteiger partial charge in [0, 0.05) is 11.0 Å². The van der Waals surface area contributed by atoms with Crippen molar-refractivity contribution in [2.24, 2.45) is 0 Å². The molecule has 7 heavy (non-hydrogen) atoms. The van der Waals surface area contributed by atoms with Gasteiger partial charge in [-0.1, -0.05) is 0 Å². The molecule has 0 amide bonds. The fraction of sp³-hybridized carbons (Fsp3) is 0. The number of hydrogen-bond donors (Lipinski definition) is 1. The third kappa shape index (κ3) is 65.1. The van der Waals surface area contributed by atoms with Crippen molar-refractivity contribution in [1.82, 2.24) is 0 Å². The standard InChI is InChI=1S/ClH.2Na.HO3S/c;;;1-4(2)3/h1H;;;(H,1,2,3)/q;2*+1;-1/p-1. The van der Waals surface area contributed by atoms with Gasteiger partial charge in [-0.25, -0.2) is 0 Å². The Morgan fingerprint density at radius 3 is 1.14 bits per heavy atom. The molecule has 0 fully saturated rings. The summed E-state index contributed by atoms with van der Waals surface area (Å²) in [7, 11) is -2.86. The largest absolute Gasteiger partial charge is 1.00 e. The molecule has 0 aromatic carbocycles. The minimum Gasteiger partial charge on any atom is -1.00 e. The molecule has 0 spiro atoms. The molecule has 34 valence electrons. The first-order valence-electron chi connectivity index (χ1n) is 0.516. The van der Waals surface area contributed by atoms with Crippen molar-refractivity contribution in [3.05, 3.63) is 0 Å². The average molecular weight is 163 g/mol. The van der Waals surface area contributed by atoms with Crippen LogP contribution in [0.15, 0.2) is 0 Å². The molecule has 0 saturated carbocycles. The van der Waals surface area contributed by atoms with Gasteiger partial charge in [0.25, 0.3) is 0 Å². The summed E-state index contributed by atoms with van der Waals surface area (Å²) in [6.45, 7) is 0. The molecular weight excluding hydrogens is 161 g/mol. The van der Waals surface area contributed by atoms with Crippen LogP contribution in [0.5, 0.6) is 0 Å². The quantitative estimate of drug-likeness (QED) is 0.167. The molecule has 0 aliphatic heterocycles. The first-order chi connectivity index (χ1) is 1.73. The van der Waals surface area contributed by atoms with E-state index < -0.39 is 11.0 Å². The molecule has 7 heteroatoms. The van der Waals surface area contributed by atoms with Gasteiger partial charge >= 0.3 is 59.1 Å². The zero-order valence-electron chi connectivity index (χ0n) is 4.05. The van der Waals surface area contributed by atoms with E-state index in [9.17, 15) is 0 Å². The van der Waals surface area contributed by atoms with Crippen molar-refractivity contribution in [2.45, 2.75) is 0 Å². The molecule has 0 aromatic rings. The van der Waals surface area contributed by atoms with Crippen LogP contribution in [0.1, 0.15) is 0 Å². The van der Waals surface area contributed by atoms with E-state index in [1.54, 1.807) is 0 Å². The second kappa shape index (κ2) is 15.7. The predicted octanol–water partition coefficient (Wildman–Crippen LogP) is -9.22. The average Bonchev–Trinajstić information content (AvgIpc) is 0.811. The molecule has 0 rings (SSSR count). The Kier molecular flexibility index (Phi) is 51.4. The summed E-state index contributed by atoms with van der Waals surface area (Å²) >= 11 is 0. The van der Waals surface area contributed by atoms with Gasteiger partial charge in [-0.05, 0) is 0 Å². The molecule has 0 aliphatic carbocycles. The van der Waals surface area contributed by atoms with E-state index in [0.29, 0.717) is 0 Å². The van der Waals surface area contributed by atoms with Gasteiger partial charge < -0.3 is 25.4 Å². The summed E-state index contributed by atoms with van der Waals surface area (Å²) in [4.78, 5) is 0. The van der Waals surface area contributed by atoms with Crippen LogP contribution < -0.4 is 71.5 Å². The Hall–Kier alpha value is 2.20. The second-order valence-electron chi connectivity index (χ2n) is 0.217. The van der Waals surface area contributed by atoms with Gasteiger partial charge in [0.15, 0.2) is 0 Å². The summed E-state index contributed by atoms with van der Waals surface area (Å²) in [6, 6.07) is 0. The summed E-state index contributed by atoms with van der Waals surface area (Å²) in [6.07, 6.45) is 0. The Bertz CT molecular complexity index is 61.3. The zero-order valence-corrected chi connectivity index (χ0v) is 9.62. The molecule has 0 aliphatic rings. The second-order valence-corrected chi connectivity index (χ2v) is 0.651. The minimum atomic E-state index is -2.86. The van der Waals surface area contributed by atoms with Crippen LogP contribution in [0.3, 0.4) is 0 Å². The number of hydrogen-bond acceptors (Lipinski definition) is 3. The van der Waals surface area contributed by atoms with Gasteiger partial charge in [-0.2, -0.15) is 0 Å². The van der Waals surface area contributed by atoms with E-state index in [-0.39, 0.29) is 71.5 Å². The predicted molar refractivity (Wildman–Crippen MR) is 11.4 cm³/mol.